The van der Waals surface area contributed by atoms with Gasteiger partial charge in [0.25, 0.3) is 11.8 Å². The van der Waals surface area contributed by atoms with Crippen molar-refractivity contribution in [3.8, 4) is 0 Å². The normalized spacial score (nSPS) is 18.6. The molecule has 8 nitrogen and oxygen atoms in total. The molecular weight excluding hydrogens is 403 g/mol. The number of amides is 3. The maximum absolute atomic E-state index is 14.7. The lowest BCUT2D eigenvalue weighted by Gasteiger charge is -2.43. The summed E-state index contributed by atoms with van der Waals surface area (Å²) in [5.74, 6) is -2.29. The summed E-state index contributed by atoms with van der Waals surface area (Å²) in [7, 11) is 0. The number of nitrogens with two attached hydrogens (primary N) is 1. The highest BCUT2D eigenvalue weighted by atomic mass is 19.1. The predicted molar refractivity (Wildman–Crippen MR) is 115 cm³/mol. The monoisotopic (exact) mass is 434 g/mol. The van der Waals surface area contributed by atoms with Gasteiger partial charge in [-0.2, -0.15) is 0 Å². The molecule has 1 atom stereocenters. The SMILES string of the molecule is CC(C)(C)CN(C1CCC1)[C@@H](C(N)=O)C(=O)Nc1ccc(N2CCOCC2=O)c(F)c1. The van der Waals surface area contributed by atoms with E-state index in [4.69, 9.17) is 10.5 Å². The first kappa shape index (κ1) is 23.1. The van der Waals surface area contributed by atoms with Gasteiger partial charge in [-0.15, -0.1) is 0 Å². The Balaban J connectivity index is 1.78. The van der Waals surface area contributed by atoms with E-state index in [1.807, 2.05) is 25.7 Å². The maximum atomic E-state index is 14.7. The fraction of sp³-hybridized carbons (Fsp3) is 0.591. The maximum Gasteiger partial charge on any atom is 0.253 e. The molecule has 3 rings (SSSR count). The molecule has 1 aliphatic carbocycles. The number of hydrogen-bond donors (Lipinski definition) is 2. The zero-order valence-corrected chi connectivity index (χ0v) is 18.3. The van der Waals surface area contributed by atoms with Crippen LogP contribution in [0.2, 0.25) is 0 Å². The first-order valence-corrected chi connectivity index (χ1v) is 10.6. The van der Waals surface area contributed by atoms with Crippen LogP contribution in [0, 0.1) is 11.2 Å². The van der Waals surface area contributed by atoms with Gasteiger partial charge in [-0.25, -0.2) is 4.39 Å². The van der Waals surface area contributed by atoms with Crippen LogP contribution in [0.25, 0.3) is 0 Å². The lowest BCUT2D eigenvalue weighted by molar-refractivity contribution is -0.135. The Morgan fingerprint density at radius 2 is 2.06 bits per heavy atom. The summed E-state index contributed by atoms with van der Waals surface area (Å²) in [6.07, 6.45) is 2.86. The second-order valence-corrected chi connectivity index (χ2v) is 9.38. The first-order valence-electron chi connectivity index (χ1n) is 10.6. The molecule has 2 aliphatic rings. The van der Waals surface area contributed by atoms with Crippen molar-refractivity contribution < 1.29 is 23.5 Å². The summed E-state index contributed by atoms with van der Waals surface area (Å²) < 4.78 is 19.8. The number of primary amides is 1. The summed E-state index contributed by atoms with van der Waals surface area (Å²) in [6.45, 7) is 7.14. The van der Waals surface area contributed by atoms with E-state index in [-0.39, 0.29) is 41.9 Å². The number of ether oxygens (including phenoxy) is 1. The third-order valence-electron chi connectivity index (χ3n) is 5.54. The summed E-state index contributed by atoms with van der Waals surface area (Å²) >= 11 is 0. The van der Waals surface area contributed by atoms with Crippen LogP contribution in [0.1, 0.15) is 40.0 Å². The number of halogens is 1. The van der Waals surface area contributed by atoms with Gasteiger partial charge in [-0.1, -0.05) is 27.2 Å². The summed E-state index contributed by atoms with van der Waals surface area (Å²) in [5.41, 5.74) is 5.81. The Bertz CT molecular complexity index is 850. The Morgan fingerprint density at radius 1 is 1.35 bits per heavy atom. The van der Waals surface area contributed by atoms with Gasteiger partial charge in [0.2, 0.25) is 5.91 Å². The van der Waals surface area contributed by atoms with Crippen LogP contribution >= 0.6 is 0 Å². The lowest BCUT2D eigenvalue weighted by Crippen LogP contribution is -2.59. The number of anilines is 2. The van der Waals surface area contributed by atoms with E-state index < -0.39 is 23.7 Å². The number of rotatable bonds is 7. The van der Waals surface area contributed by atoms with Crippen molar-refractivity contribution in [3.05, 3.63) is 24.0 Å². The molecule has 1 heterocycles. The van der Waals surface area contributed by atoms with Crippen molar-refractivity contribution >= 4 is 29.1 Å². The van der Waals surface area contributed by atoms with Crippen LogP contribution in [0.3, 0.4) is 0 Å². The molecule has 0 spiro atoms. The average molecular weight is 435 g/mol. The number of nitrogens with one attached hydrogen (secondary N) is 1. The fourth-order valence-electron chi connectivity index (χ4n) is 3.93. The molecule has 31 heavy (non-hydrogen) atoms. The minimum atomic E-state index is -1.15. The van der Waals surface area contributed by atoms with Crippen molar-refractivity contribution in [3.63, 3.8) is 0 Å². The highest BCUT2D eigenvalue weighted by Crippen LogP contribution is 2.31. The van der Waals surface area contributed by atoms with Crippen molar-refractivity contribution in [2.75, 3.05) is 36.5 Å². The van der Waals surface area contributed by atoms with Gasteiger partial charge in [0, 0.05) is 24.8 Å². The summed E-state index contributed by atoms with van der Waals surface area (Å²) in [6, 6.07) is 3.06. The lowest BCUT2D eigenvalue weighted by atomic mass is 9.86. The van der Waals surface area contributed by atoms with Gasteiger partial charge in [0.15, 0.2) is 6.04 Å². The van der Waals surface area contributed by atoms with Crippen molar-refractivity contribution in [2.45, 2.75) is 52.1 Å². The van der Waals surface area contributed by atoms with E-state index in [9.17, 15) is 18.8 Å². The average Bonchev–Trinajstić information content (AvgIpc) is 2.59. The van der Waals surface area contributed by atoms with Crippen LogP contribution in [0.5, 0.6) is 0 Å². The highest BCUT2D eigenvalue weighted by molar-refractivity contribution is 6.09. The number of benzene rings is 1. The highest BCUT2D eigenvalue weighted by Gasteiger charge is 2.39. The molecule has 9 heteroatoms. The molecule has 1 saturated heterocycles. The van der Waals surface area contributed by atoms with E-state index in [1.165, 1.54) is 17.0 Å². The standard InChI is InChI=1S/C22H31FN4O4/c1-22(2,3)13-27(15-5-4-6-15)19(20(24)29)21(30)25-14-7-8-17(16(23)11-14)26-9-10-31-12-18(26)28/h7-8,11,15,19H,4-6,9-10,12-13H2,1-3H3,(H2,24,29)(H,25,30)/t19-/m0/s1. The third kappa shape index (κ3) is 5.59. The van der Waals surface area contributed by atoms with E-state index in [0.29, 0.717) is 13.2 Å². The van der Waals surface area contributed by atoms with Crippen molar-refractivity contribution in [1.29, 1.82) is 0 Å². The van der Waals surface area contributed by atoms with Crippen molar-refractivity contribution in [1.82, 2.24) is 4.90 Å². The molecule has 170 valence electrons. The minimum Gasteiger partial charge on any atom is -0.370 e. The van der Waals surface area contributed by atoms with Crippen LogP contribution in [-0.4, -0.2) is 61.0 Å². The molecule has 3 N–H and O–H groups in total. The van der Waals surface area contributed by atoms with Gasteiger partial charge in [0.05, 0.1) is 12.3 Å². The van der Waals surface area contributed by atoms with Gasteiger partial charge in [0.1, 0.15) is 12.4 Å². The Kier molecular flexibility index (Phi) is 6.96. The van der Waals surface area contributed by atoms with E-state index in [0.717, 1.165) is 25.3 Å². The van der Waals surface area contributed by atoms with Gasteiger partial charge in [-0.3, -0.25) is 19.3 Å². The van der Waals surface area contributed by atoms with Crippen molar-refractivity contribution in [2.24, 2.45) is 11.1 Å². The molecular formula is C22H31FN4O4. The summed E-state index contributed by atoms with van der Waals surface area (Å²) in [4.78, 5) is 40.4. The molecule has 2 fully saturated rings. The zero-order valence-electron chi connectivity index (χ0n) is 18.3. The zero-order chi connectivity index (χ0) is 22.8. The van der Waals surface area contributed by atoms with Crippen LogP contribution in [0.4, 0.5) is 15.8 Å². The number of hydrogen-bond acceptors (Lipinski definition) is 5. The van der Waals surface area contributed by atoms with E-state index in [2.05, 4.69) is 5.32 Å². The molecule has 1 aliphatic heterocycles. The smallest absolute Gasteiger partial charge is 0.253 e. The topological polar surface area (TPSA) is 105 Å². The van der Waals surface area contributed by atoms with E-state index >= 15 is 0 Å². The quantitative estimate of drug-likeness (QED) is 0.638. The fourth-order valence-corrected chi connectivity index (χ4v) is 3.93. The molecule has 0 bridgehead atoms. The van der Waals surface area contributed by atoms with Crippen LogP contribution in [0.15, 0.2) is 18.2 Å². The minimum absolute atomic E-state index is 0.0942. The van der Waals surface area contributed by atoms with Crippen LogP contribution < -0.4 is 16.0 Å². The second-order valence-electron chi connectivity index (χ2n) is 9.38. The van der Waals surface area contributed by atoms with Crippen LogP contribution in [-0.2, 0) is 19.1 Å². The number of nitrogens with zero attached hydrogens (tertiary/aromatic N) is 2. The second kappa shape index (κ2) is 9.32. The number of carbonyl (C=O) groups is 3. The Morgan fingerprint density at radius 3 is 2.58 bits per heavy atom. The summed E-state index contributed by atoms with van der Waals surface area (Å²) in [5, 5.41) is 2.63. The first-order chi connectivity index (χ1) is 14.6. The van der Waals surface area contributed by atoms with Gasteiger partial charge in [-0.05, 0) is 36.5 Å². The molecule has 1 aromatic rings. The van der Waals surface area contributed by atoms with Gasteiger partial charge < -0.3 is 20.7 Å². The van der Waals surface area contributed by atoms with E-state index in [1.54, 1.807) is 0 Å². The Labute approximate surface area is 181 Å². The molecule has 0 radical (unpaired) electrons. The molecule has 1 aromatic carbocycles. The largest absolute Gasteiger partial charge is 0.370 e. The molecule has 3 amide bonds. The third-order valence-corrected chi connectivity index (χ3v) is 5.54. The molecule has 1 saturated carbocycles. The number of carbonyl (C=O) groups excluding carboxylic acids is 3. The Hall–Kier alpha value is -2.52. The predicted octanol–water partition coefficient (Wildman–Crippen LogP) is 1.88. The number of morpholine rings is 1. The molecule has 0 aromatic heterocycles. The molecule has 0 unspecified atom stereocenters. The van der Waals surface area contributed by atoms with Gasteiger partial charge >= 0.3 is 0 Å².